The lowest BCUT2D eigenvalue weighted by Gasteiger charge is -2.50. The molecule has 1 saturated heterocycles. The summed E-state index contributed by atoms with van der Waals surface area (Å²) >= 11 is 0. The van der Waals surface area contributed by atoms with Gasteiger partial charge in [0.2, 0.25) is 0 Å². The highest BCUT2D eigenvalue weighted by Gasteiger charge is 2.38. The molecular weight excluding hydrogens is 220 g/mol. The zero-order valence-electron chi connectivity index (χ0n) is 13.6. The molecule has 0 bridgehead atoms. The van der Waals surface area contributed by atoms with Crippen LogP contribution in [0.15, 0.2) is 0 Å². The molecule has 108 valence electrons. The Labute approximate surface area is 115 Å². The first-order chi connectivity index (χ1) is 8.31. The van der Waals surface area contributed by atoms with E-state index in [4.69, 9.17) is 0 Å². The lowest BCUT2D eigenvalue weighted by atomic mass is 9.81. The van der Waals surface area contributed by atoms with E-state index in [-0.39, 0.29) is 0 Å². The summed E-state index contributed by atoms with van der Waals surface area (Å²) in [5, 5.41) is 3.79. The monoisotopic (exact) mass is 254 g/mol. The van der Waals surface area contributed by atoms with Crippen molar-refractivity contribution in [3.8, 4) is 0 Å². The van der Waals surface area contributed by atoms with Crippen molar-refractivity contribution in [2.45, 2.75) is 79.4 Å². The standard InChI is InChI=1S/C16H34N2/c1-8-12(3)14-11-18(13(4)9-2)15(10-17-14)16(5,6)7/h12-15,17H,8-11H2,1-7H3. The van der Waals surface area contributed by atoms with Crippen LogP contribution < -0.4 is 5.32 Å². The van der Waals surface area contributed by atoms with Crippen molar-refractivity contribution >= 4 is 0 Å². The number of nitrogens with one attached hydrogen (secondary N) is 1. The van der Waals surface area contributed by atoms with Gasteiger partial charge in [0, 0.05) is 31.2 Å². The van der Waals surface area contributed by atoms with E-state index in [0.717, 1.165) is 12.5 Å². The van der Waals surface area contributed by atoms with Crippen LogP contribution in [0.3, 0.4) is 0 Å². The molecule has 1 heterocycles. The Balaban J connectivity index is 2.79. The predicted molar refractivity (Wildman–Crippen MR) is 80.9 cm³/mol. The van der Waals surface area contributed by atoms with E-state index < -0.39 is 0 Å². The molecule has 0 aromatic carbocycles. The first kappa shape index (κ1) is 16.0. The summed E-state index contributed by atoms with van der Waals surface area (Å²) in [5.74, 6) is 0.775. The Morgan fingerprint density at radius 1 is 1.17 bits per heavy atom. The van der Waals surface area contributed by atoms with Gasteiger partial charge in [-0.15, -0.1) is 0 Å². The molecule has 1 aliphatic rings. The molecule has 1 aliphatic heterocycles. The van der Waals surface area contributed by atoms with Crippen molar-refractivity contribution in [3.63, 3.8) is 0 Å². The third-order valence-electron chi connectivity index (χ3n) is 4.87. The molecule has 1 rings (SSSR count). The highest BCUT2D eigenvalue weighted by molar-refractivity contribution is 4.95. The van der Waals surface area contributed by atoms with Crippen molar-refractivity contribution in [3.05, 3.63) is 0 Å². The van der Waals surface area contributed by atoms with Gasteiger partial charge in [-0.3, -0.25) is 4.90 Å². The van der Waals surface area contributed by atoms with Crippen LogP contribution >= 0.6 is 0 Å². The quantitative estimate of drug-likeness (QED) is 0.826. The maximum Gasteiger partial charge on any atom is 0.0272 e. The van der Waals surface area contributed by atoms with Crippen molar-refractivity contribution in [2.75, 3.05) is 13.1 Å². The van der Waals surface area contributed by atoms with Crippen LogP contribution in [-0.4, -0.2) is 36.1 Å². The van der Waals surface area contributed by atoms with Gasteiger partial charge in [0.15, 0.2) is 0 Å². The first-order valence-electron chi connectivity index (χ1n) is 7.80. The third-order valence-corrected chi connectivity index (χ3v) is 4.87. The molecule has 2 nitrogen and oxygen atoms in total. The van der Waals surface area contributed by atoms with Gasteiger partial charge in [-0.2, -0.15) is 0 Å². The fourth-order valence-corrected chi connectivity index (χ4v) is 2.99. The van der Waals surface area contributed by atoms with Crippen LogP contribution in [0.5, 0.6) is 0 Å². The van der Waals surface area contributed by atoms with Crippen LogP contribution in [0.1, 0.15) is 61.3 Å². The average Bonchev–Trinajstić information content (AvgIpc) is 2.35. The first-order valence-corrected chi connectivity index (χ1v) is 7.80. The second kappa shape index (κ2) is 6.38. The van der Waals surface area contributed by atoms with E-state index in [1.165, 1.54) is 19.4 Å². The van der Waals surface area contributed by atoms with Gasteiger partial charge in [-0.1, -0.05) is 48.0 Å². The van der Waals surface area contributed by atoms with Crippen LogP contribution in [0.4, 0.5) is 0 Å². The number of hydrogen-bond acceptors (Lipinski definition) is 2. The van der Waals surface area contributed by atoms with Crippen LogP contribution in [-0.2, 0) is 0 Å². The number of rotatable bonds is 4. The molecule has 4 unspecified atom stereocenters. The zero-order valence-corrected chi connectivity index (χ0v) is 13.6. The van der Waals surface area contributed by atoms with Gasteiger partial charge >= 0.3 is 0 Å². The SMILES string of the molecule is CCC(C)C1CN(C(C)CC)C(C(C)(C)C)CN1. The lowest BCUT2D eigenvalue weighted by molar-refractivity contribution is 0.0150. The summed E-state index contributed by atoms with van der Waals surface area (Å²) in [6, 6.07) is 2.03. The summed E-state index contributed by atoms with van der Waals surface area (Å²) in [6.07, 6.45) is 2.52. The fraction of sp³-hybridized carbons (Fsp3) is 1.00. The molecule has 18 heavy (non-hydrogen) atoms. The topological polar surface area (TPSA) is 15.3 Å². The molecule has 0 aliphatic carbocycles. The molecule has 2 heteroatoms. The third kappa shape index (κ3) is 3.71. The van der Waals surface area contributed by atoms with Gasteiger partial charge in [-0.25, -0.2) is 0 Å². The van der Waals surface area contributed by atoms with Crippen molar-refractivity contribution in [2.24, 2.45) is 11.3 Å². The molecule has 1 N–H and O–H groups in total. The number of nitrogens with zero attached hydrogens (tertiary/aromatic N) is 1. The minimum absolute atomic E-state index is 0.358. The van der Waals surface area contributed by atoms with Crippen molar-refractivity contribution < 1.29 is 0 Å². The molecule has 0 radical (unpaired) electrons. The highest BCUT2D eigenvalue weighted by atomic mass is 15.3. The van der Waals surface area contributed by atoms with Gasteiger partial charge < -0.3 is 5.32 Å². The molecule has 0 aromatic rings. The van der Waals surface area contributed by atoms with E-state index >= 15 is 0 Å². The number of hydrogen-bond donors (Lipinski definition) is 1. The lowest BCUT2D eigenvalue weighted by Crippen LogP contribution is -2.63. The van der Waals surface area contributed by atoms with Crippen LogP contribution in [0.2, 0.25) is 0 Å². The van der Waals surface area contributed by atoms with E-state index in [2.05, 4.69) is 58.7 Å². The summed E-state index contributed by atoms with van der Waals surface area (Å²) in [4.78, 5) is 2.76. The Bertz CT molecular complexity index is 244. The zero-order chi connectivity index (χ0) is 13.9. The fourth-order valence-electron chi connectivity index (χ4n) is 2.99. The Hall–Kier alpha value is -0.0800. The number of piperazine rings is 1. The minimum atomic E-state index is 0.358. The second-order valence-corrected chi connectivity index (χ2v) is 7.24. The van der Waals surface area contributed by atoms with Crippen molar-refractivity contribution in [1.29, 1.82) is 0 Å². The highest BCUT2D eigenvalue weighted by Crippen LogP contribution is 2.30. The smallest absolute Gasteiger partial charge is 0.0272 e. The molecule has 0 saturated carbocycles. The van der Waals surface area contributed by atoms with Crippen LogP contribution in [0.25, 0.3) is 0 Å². The van der Waals surface area contributed by atoms with Gasteiger partial charge in [0.25, 0.3) is 0 Å². The molecule has 0 amide bonds. The summed E-state index contributed by atoms with van der Waals surface area (Å²) in [5.41, 5.74) is 0.358. The van der Waals surface area contributed by atoms with E-state index in [1.807, 2.05) is 0 Å². The predicted octanol–water partition coefficient (Wildman–Crippen LogP) is 3.52. The van der Waals surface area contributed by atoms with E-state index in [9.17, 15) is 0 Å². The summed E-state index contributed by atoms with van der Waals surface area (Å²) < 4.78 is 0. The molecule has 0 aromatic heterocycles. The average molecular weight is 254 g/mol. The summed E-state index contributed by atoms with van der Waals surface area (Å²) in [6.45, 7) is 18.9. The normalized spacial score (nSPS) is 30.2. The van der Waals surface area contributed by atoms with E-state index in [1.54, 1.807) is 0 Å². The second-order valence-electron chi connectivity index (χ2n) is 7.24. The minimum Gasteiger partial charge on any atom is -0.311 e. The van der Waals surface area contributed by atoms with Gasteiger partial charge in [0.05, 0.1) is 0 Å². The maximum absolute atomic E-state index is 3.79. The van der Waals surface area contributed by atoms with Gasteiger partial charge in [-0.05, 0) is 24.7 Å². The van der Waals surface area contributed by atoms with E-state index in [0.29, 0.717) is 23.5 Å². The Morgan fingerprint density at radius 2 is 1.78 bits per heavy atom. The molecule has 1 fully saturated rings. The van der Waals surface area contributed by atoms with Gasteiger partial charge in [0.1, 0.15) is 0 Å². The maximum atomic E-state index is 3.79. The Morgan fingerprint density at radius 3 is 2.22 bits per heavy atom. The molecule has 0 spiro atoms. The van der Waals surface area contributed by atoms with Crippen molar-refractivity contribution in [1.82, 2.24) is 10.2 Å². The Kier molecular flexibility index (Phi) is 5.67. The summed E-state index contributed by atoms with van der Waals surface area (Å²) in [7, 11) is 0. The largest absolute Gasteiger partial charge is 0.311 e. The molecule has 4 atom stereocenters. The molecular formula is C16H34N2. The van der Waals surface area contributed by atoms with Crippen LogP contribution in [0, 0.1) is 11.3 Å².